The molecule has 1 saturated heterocycles. The van der Waals surface area contributed by atoms with Crippen LogP contribution in [0.4, 0.5) is 10.8 Å². The summed E-state index contributed by atoms with van der Waals surface area (Å²) in [5, 5.41) is 15.1. The van der Waals surface area contributed by atoms with Crippen LogP contribution in [0.5, 0.6) is 0 Å². The van der Waals surface area contributed by atoms with E-state index in [1.165, 1.54) is 39.7 Å². The lowest BCUT2D eigenvalue weighted by Gasteiger charge is -2.31. The van der Waals surface area contributed by atoms with Crippen molar-refractivity contribution < 1.29 is 13.3 Å². The highest BCUT2D eigenvalue weighted by atomic mass is 32.2. The molecule has 0 aliphatic carbocycles. The van der Waals surface area contributed by atoms with E-state index in [0.29, 0.717) is 19.0 Å². The van der Waals surface area contributed by atoms with E-state index < -0.39 is 14.9 Å². The standard InChI is InChI=1S/C22H24N4O4S2/c1-16-4-2-3-5-20(16)21-15-24-22(31-21)23-14-17-10-12-25(13-11-17)32(29,30)19-8-6-18(7-9-19)26(27)28/h2-9,15,17H,10-14H2,1H3,(H,23,24). The number of hydrogen-bond acceptors (Lipinski definition) is 7. The zero-order valence-electron chi connectivity index (χ0n) is 17.6. The second kappa shape index (κ2) is 9.35. The van der Waals surface area contributed by atoms with Gasteiger partial charge in [-0.05, 0) is 48.9 Å². The lowest BCUT2D eigenvalue weighted by atomic mass is 9.98. The van der Waals surface area contributed by atoms with Crippen LogP contribution in [-0.2, 0) is 10.0 Å². The Labute approximate surface area is 191 Å². The minimum atomic E-state index is -3.65. The number of thiazole rings is 1. The van der Waals surface area contributed by atoms with E-state index in [0.717, 1.165) is 29.4 Å². The molecule has 0 spiro atoms. The van der Waals surface area contributed by atoms with Crippen molar-refractivity contribution in [1.82, 2.24) is 9.29 Å². The van der Waals surface area contributed by atoms with Gasteiger partial charge in [0.1, 0.15) is 0 Å². The number of non-ortho nitro benzene ring substituents is 1. The Bertz CT molecular complexity index is 1200. The van der Waals surface area contributed by atoms with Crippen molar-refractivity contribution in [1.29, 1.82) is 0 Å². The number of aryl methyl sites for hydroxylation is 1. The molecule has 0 atom stereocenters. The highest BCUT2D eigenvalue weighted by molar-refractivity contribution is 7.89. The van der Waals surface area contributed by atoms with Gasteiger partial charge in [0.25, 0.3) is 5.69 Å². The lowest BCUT2D eigenvalue weighted by molar-refractivity contribution is -0.384. The van der Waals surface area contributed by atoms with Gasteiger partial charge in [0.05, 0.1) is 14.7 Å². The monoisotopic (exact) mass is 472 g/mol. The molecule has 0 saturated carbocycles. The van der Waals surface area contributed by atoms with E-state index in [1.54, 1.807) is 11.3 Å². The van der Waals surface area contributed by atoms with Gasteiger partial charge in [0, 0.05) is 38.0 Å². The van der Waals surface area contributed by atoms with E-state index in [-0.39, 0.29) is 10.6 Å². The Morgan fingerprint density at radius 2 is 1.84 bits per heavy atom. The minimum Gasteiger partial charge on any atom is -0.361 e. The summed E-state index contributed by atoms with van der Waals surface area (Å²) >= 11 is 1.62. The van der Waals surface area contributed by atoms with E-state index in [4.69, 9.17) is 0 Å². The maximum atomic E-state index is 12.9. The lowest BCUT2D eigenvalue weighted by Crippen LogP contribution is -2.39. The molecule has 1 aromatic heterocycles. The van der Waals surface area contributed by atoms with Gasteiger partial charge in [-0.1, -0.05) is 35.6 Å². The number of nitrogens with zero attached hydrogens (tertiary/aromatic N) is 3. The average Bonchev–Trinajstić information content (AvgIpc) is 3.27. The molecule has 4 rings (SSSR count). The van der Waals surface area contributed by atoms with Crippen molar-refractivity contribution in [2.75, 3.05) is 25.0 Å². The zero-order chi connectivity index (χ0) is 22.7. The van der Waals surface area contributed by atoms with Crippen molar-refractivity contribution >= 4 is 32.2 Å². The fraction of sp³-hybridized carbons (Fsp3) is 0.318. The minimum absolute atomic E-state index is 0.0891. The quantitative estimate of drug-likeness (QED) is 0.400. The molecule has 1 aliphatic rings. The third-order valence-electron chi connectivity index (χ3n) is 5.72. The first-order chi connectivity index (χ1) is 15.3. The van der Waals surface area contributed by atoms with E-state index in [2.05, 4.69) is 29.4 Å². The topological polar surface area (TPSA) is 105 Å². The van der Waals surface area contributed by atoms with Gasteiger partial charge in [-0.3, -0.25) is 10.1 Å². The summed E-state index contributed by atoms with van der Waals surface area (Å²) in [5.41, 5.74) is 2.27. The van der Waals surface area contributed by atoms with Crippen LogP contribution in [0.15, 0.2) is 59.6 Å². The van der Waals surface area contributed by atoms with Crippen molar-refractivity contribution in [2.45, 2.75) is 24.7 Å². The number of sulfonamides is 1. The predicted octanol–water partition coefficient (Wildman–Crippen LogP) is 4.54. The van der Waals surface area contributed by atoms with Crippen LogP contribution in [0.2, 0.25) is 0 Å². The third kappa shape index (κ3) is 4.82. The Balaban J connectivity index is 1.31. The fourth-order valence-corrected chi connectivity index (χ4v) is 6.19. The molecule has 10 heteroatoms. The Morgan fingerprint density at radius 1 is 1.16 bits per heavy atom. The Kier molecular flexibility index (Phi) is 6.54. The van der Waals surface area contributed by atoms with Crippen molar-refractivity contribution in [2.24, 2.45) is 5.92 Å². The molecule has 2 heterocycles. The second-order valence-electron chi connectivity index (χ2n) is 7.82. The highest BCUT2D eigenvalue weighted by Gasteiger charge is 2.29. The number of rotatable bonds is 7. The zero-order valence-corrected chi connectivity index (χ0v) is 19.2. The molecule has 0 bridgehead atoms. The summed E-state index contributed by atoms with van der Waals surface area (Å²) in [4.78, 5) is 15.9. The number of nitrogens with one attached hydrogen (secondary N) is 1. The summed E-state index contributed by atoms with van der Waals surface area (Å²) in [5.74, 6) is 0.351. The first-order valence-corrected chi connectivity index (χ1v) is 12.6. The molecule has 1 N–H and O–H groups in total. The molecule has 0 radical (unpaired) electrons. The summed E-state index contributed by atoms with van der Waals surface area (Å²) in [6, 6.07) is 13.3. The van der Waals surface area contributed by atoms with Gasteiger partial charge in [0.15, 0.2) is 5.13 Å². The maximum absolute atomic E-state index is 12.9. The normalized spacial score (nSPS) is 15.5. The molecule has 0 amide bonds. The van der Waals surface area contributed by atoms with Crippen molar-refractivity contribution in [3.8, 4) is 10.4 Å². The van der Waals surface area contributed by atoms with Gasteiger partial charge in [0.2, 0.25) is 10.0 Å². The molecule has 32 heavy (non-hydrogen) atoms. The van der Waals surface area contributed by atoms with E-state index >= 15 is 0 Å². The van der Waals surface area contributed by atoms with Gasteiger partial charge in [-0.2, -0.15) is 4.31 Å². The SMILES string of the molecule is Cc1ccccc1-c1cnc(NCC2CCN(S(=O)(=O)c3ccc([N+](=O)[O-])cc3)CC2)s1. The van der Waals surface area contributed by atoms with Crippen LogP contribution in [-0.4, -0.2) is 42.3 Å². The molecule has 2 aromatic carbocycles. The molecule has 3 aromatic rings. The smallest absolute Gasteiger partial charge is 0.269 e. The predicted molar refractivity (Wildman–Crippen MR) is 125 cm³/mol. The molecule has 168 valence electrons. The Hall–Kier alpha value is -2.82. The number of aromatic nitrogens is 1. The Morgan fingerprint density at radius 3 is 2.50 bits per heavy atom. The molecular weight excluding hydrogens is 448 g/mol. The first-order valence-electron chi connectivity index (χ1n) is 10.3. The van der Waals surface area contributed by atoms with Crippen LogP contribution >= 0.6 is 11.3 Å². The maximum Gasteiger partial charge on any atom is 0.269 e. The van der Waals surface area contributed by atoms with Crippen molar-refractivity contribution in [3.05, 3.63) is 70.4 Å². The number of anilines is 1. The largest absolute Gasteiger partial charge is 0.361 e. The molecule has 8 nitrogen and oxygen atoms in total. The van der Waals surface area contributed by atoms with Crippen LogP contribution in [0.3, 0.4) is 0 Å². The molecule has 1 fully saturated rings. The third-order valence-corrected chi connectivity index (χ3v) is 8.62. The van der Waals surface area contributed by atoms with E-state index in [9.17, 15) is 18.5 Å². The number of benzene rings is 2. The van der Waals surface area contributed by atoms with Gasteiger partial charge in [-0.15, -0.1) is 0 Å². The number of nitro groups is 1. The highest BCUT2D eigenvalue weighted by Crippen LogP contribution is 2.32. The fourth-order valence-electron chi connectivity index (χ4n) is 3.80. The van der Waals surface area contributed by atoms with Crippen LogP contribution in [0, 0.1) is 23.0 Å². The average molecular weight is 473 g/mol. The van der Waals surface area contributed by atoms with Crippen molar-refractivity contribution in [3.63, 3.8) is 0 Å². The summed E-state index contributed by atoms with van der Waals surface area (Å²) in [6.45, 7) is 3.68. The summed E-state index contributed by atoms with van der Waals surface area (Å²) in [7, 11) is -3.65. The summed E-state index contributed by atoms with van der Waals surface area (Å²) < 4.78 is 27.2. The van der Waals surface area contributed by atoms with Gasteiger partial charge in [-0.25, -0.2) is 13.4 Å². The van der Waals surface area contributed by atoms with E-state index in [1.807, 2.05) is 18.3 Å². The van der Waals surface area contributed by atoms with Gasteiger partial charge >= 0.3 is 0 Å². The number of nitro benzene ring substituents is 1. The first kappa shape index (κ1) is 22.4. The number of piperidine rings is 1. The van der Waals surface area contributed by atoms with Crippen LogP contribution in [0.25, 0.3) is 10.4 Å². The molecular formula is C22H24N4O4S2. The van der Waals surface area contributed by atoms with Crippen LogP contribution in [0.1, 0.15) is 18.4 Å². The van der Waals surface area contributed by atoms with Crippen LogP contribution < -0.4 is 5.32 Å². The van der Waals surface area contributed by atoms with Gasteiger partial charge < -0.3 is 5.32 Å². The molecule has 0 unspecified atom stereocenters. The second-order valence-corrected chi connectivity index (χ2v) is 10.8. The molecule has 1 aliphatic heterocycles. The summed E-state index contributed by atoms with van der Waals surface area (Å²) in [6.07, 6.45) is 3.37. The number of hydrogen-bond donors (Lipinski definition) is 1.